The summed E-state index contributed by atoms with van der Waals surface area (Å²) < 4.78 is 0.548. The van der Waals surface area contributed by atoms with Gasteiger partial charge in [0.25, 0.3) is 11.4 Å². The molecule has 0 bridgehead atoms. The van der Waals surface area contributed by atoms with Gasteiger partial charge in [0.15, 0.2) is 11.6 Å². The predicted molar refractivity (Wildman–Crippen MR) is 117 cm³/mol. The molecule has 0 atom stereocenters. The summed E-state index contributed by atoms with van der Waals surface area (Å²) in [5, 5.41) is 21.5. The molecule has 0 N–H and O–H groups in total. The number of nitro benzene ring substituents is 2. The Morgan fingerprint density at radius 1 is 0.733 bits per heavy atom. The Labute approximate surface area is 181 Å². The number of carbonyl (C=O) groups is 2. The van der Waals surface area contributed by atoms with Crippen LogP contribution in [0, 0.1) is 20.2 Å². The van der Waals surface area contributed by atoms with Crippen LogP contribution in [-0.2, 0) is 21.1 Å². The zero-order valence-corrected chi connectivity index (χ0v) is 17.8. The average molecular weight is 447 g/mol. The fourth-order valence-electron chi connectivity index (χ4n) is 2.45. The van der Waals surface area contributed by atoms with Crippen molar-refractivity contribution in [1.82, 2.24) is 0 Å². The number of benzene rings is 2. The maximum atomic E-state index is 12.0. The molecule has 0 radical (unpaired) electrons. The lowest BCUT2D eigenvalue weighted by Crippen LogP contribution is -2.08. The first-order valence-electron chi connectivity index (χ1n) is 8.67. The second-order valence-electron chi connectivity index (χ2n) is 6.20. The van der Waals surface area contributed by atoms with E-state index in [0.29, 0.717) is 15.7 Å². The van der Waals surface area contributed by atoms with Gasteiger partial charge >= 0.3 is 0 Å². The maximum absolute atomic E-state index is 12.0. The number of hydrogen-bond donors (Lipinski definition) is 0. The van der Waals surface area contributed by atoms with E-state index in [4.69, 9.17) is 0 Å². The van der Waals surface area contributed by atoms with Crippen LogP contribution >= 0.6 is 23.5 Å². The summed E-state index contributed by atoms with van der Waals surface area (Å²) in [4.78, 5) is 44.7. The summed E-state index contributed by atoms with van der Waals surface area (Å²) in [5.41, 5.74) is 1.70. The number of allylic oxidation sites excluding steroid dienone is 1. The molecular formula is C20H18N2O6S2. The average Bonchev–Trinajstić information content (AvgIpc) is 2.69. The molecule has 0 unspecified atom stereocenters. The number of thioether (sulfide) groups is 2. The number of non-ortho nitro benzene ring substituents is 2. The van der Waals surface area contributed by atoms with E-state index in [1.54, 1.807) is 24.3 Å². The molecule has 0 heterocycles. The minimum Gasteiger partial charge on any atom is -0.294 e. The molecule has 0 aliphatic rings. The number of Topliss-reactive ketones (excluding diaryl/α,β-unsaturated/α-hetero) is 2. The third kappa shape index (κ3) is 6.53. The van der Waals surface area contributed by atoms with Crippen molar-refractivity contribution in [1.29, 1.82) is 0 Å². The van der Waals surface area contributed by atoms with Crippen LogP contribution in [0.1, 0.15) is 25.0 Å². The van der Waals surface area contributed by atoms with E-state index in [9.17, 15) is 29.8 Å². The maximum Gasteiger partial charge on any atom is 0.269 e. The van der Waals surface area contributed by atoms with E-state index in [1.165, 1.54) is 61.6 Å². The molecule has 0 spiro atoms. The molecule has 0 saturated heterocycles. The first kappa shape index (κ1) is 23.3. The van der Waals surface area contributed by atoms with Crippen molar-refractivity contribution in [2.24, 2.45) is 0 Å². The van der Waals surface area contributed by atoms with E-state index < -0.39 is 9.85 Å². The number of rotatable bonds is 10. The van der Waals surface area contributed by atoms with Crippen LogP contribution in [0.2, 0.25) is 0 Å². The van der Waals surface area contributed by atoms with Crippen LogP contribution in [0.5, 0.6) is 0 Å². The van der Waals surface area contributed by atoms with Gasteiger partial charge in [-0.3, -0.25) is 29.8 Å². The van der Waals surface area contributed by atoms with Crippen LogP contribution in [-0.4, -0.2) is 21.4 Å². The van der Waals surface area contributed by atoms with E-state index in [0.717, 1.165) is 11.1 Å². The third-order valence-electron chi connectivity index (χ3n) is 3.94. The first-order valence-corrected chi connectivity index (χ1v) is 10.6. The highest BCUT2D eigenvalue weighted by Gasteiger charge is 2.18. The summed E-state index contributed by atoms with van der Waals surface area (Å²) in [7, 11) is 0. The van der Waals surface area contributed by atoms with Gasteiger partial charge in [-0.05, 0) is 25.0 Å². The summed E-state index contributed by atoms with van der Waals surface area (Å²) >= 11 is 2.61. The lowest BCUT2D eigenvalue weighted by atomic mass is 10.1. The second kappa shape index (κ2) is 10.7. The summed E-state index contributed by atoms with van der Waals surface area (Å²) in [5.74, 6) is 0.157. The third-order valence-corrected chi connectivity index (χ3v) is 6.54. The lowest BCUT2D eigenvalue weighted by molar-refractivity contribution is -0.385. The van der Waals surface area contributed by atoms with Crippen LogP contribution in [0.25, 0.3) is 0 Å². The van der Waals surface area contributed by atoms with Gasteiger partial charge < -0.3 is 0 Å². The van der Waals surface area contributed by atoms with Gasteiger partial charge in [0.1, 0.15) is 0 Å². The summed E-state index contributed by atoms with van der Waals surface area (Å²) in [6, 6.07) is 12.1. The minimum absolute atomic E-state index is 0.0137. The van der Waals surface area contributed by atoms with Crippen LogP contribution in [0.15, 0.2) is 58.3 Å². The summed E-state index contributed by atoms with van der Waals surface area (Å²) in [6.45, 7) is 2.66. The zero-order valence-electron chi connectivity index (χ0n) is 16.2. The fourth-order valence-corrected chi connectivity index (χ4v) is 4.98. The van der Waals surface area contributed by atoms with Crippen molar-refractivity contribution in [3.8, 4) is 0 Å². The number of hydrogen-bond acceptors (Lipinski definition) is 8. The summed E-state index contributed by atoms with van der Waals surface area (Å²) in [6.07, 6.45) is 0. The van der Waals surface area contributed by atoms with Gasteiger partial charge in [-0.15, -0.1) is 23.5 Å². The van der Waals surface area contributed by atoms with Gasteiger partial charge in [0.2, 0.25) is 0 Å². The molecule has 0 amide bonds. The molecule has 30 heavy (non-hydrogen) atoms. The standard InChI is InChI=1S/C20H18N2O6S2/c1-13(23)19(14(2)24)20(29-11-15-3-7-17(8-4-15)21(25)26)30-12-16-5-9-18(10-6-16)22(27)28/h3-10H,11-12H2,1-2H3. The number of nitrogens with zero attached hydrogens (tertiary/aromatic N) is 2. The number of nitro groups is 2. The first-order chi connectivity index (χ1) is 14.2. The van der Waals surface area contributed by atoms with Crippen molar-refractivity contribution in [3.63, 3.8) is 0 Å². The van der Waals surface area contributed by atoms with Gasteiger partial charge in [-0.1, -0.05) is 24.3 Å². The molecular weight excluding hydrogens is 428 g/mol. The molecule has 0 aromatic heterocycles. The largest absolute Gasteiger partial charge is 0.294 e. The Morgan fingerprint density at radius 3 is 1.33 bits per heavy atom. The van der Waals surface area contributed by atoms with Crippen LogP contribution < -0.4 is 0 Å². The molecule has 2 rings (SSSR count). The molecule has 0 aliphatic heterocycles. The van der Waals surface area contributed by atoms with Crippen LogP contribution in [0.4, 0.5) is 11.4 Å². The topological polar surface area (TPSA) is 120 Å². The number of ketones is 2. The molecule has 0 saturated carbocycles. The van der Waals surface area contributed by atoms with Crippen molar-refractivity contribution in [2.45, 2.75) is 25.4 Å². The van der Waals surface area contributed by atoms with Gasteiger partial charge in [-0.25, -0.2) is 0 Å². The van der Waals surface area contributed by atoms with Crippen molar-refractivity contribution in [3.05, 3.63) is 89.7 Å². The van der Waals surface area contributed by atoms with E-state index in [2.05, 4.69) is 0 Å². The molecule has 156 valence electrons. The lowest BCUT2D eigenvalue weighted by Gasteiger charge is -2.11. The quantitative estimate of drug-likeness (QED) is 0.163. The molecule has 0 fully saturated rings. The second-order valence-corrected chi connectivity index (χ2v) is 8.43. The monoisotopic (exact) mass is 446 g/mol. The molecule has 2 aromatic carbocycles. The van der Waals surface area contributed by atoms with Gasteiger partial charge in [0.05, 0.1) is 19.7 Å². The Balaban J connectivity index is 2.19. The highest BCUT2D eigenvalue weighted by atomic mass is 32.2. The smallest absolute Gasteiger partial charge is 0.269 e. The highest BCUT2D eigenvalue weighted by molar-refractivity contribution is 8.21. The normalized spacial score (nSPS) is 10.3. The zero-order chi connectivity index (χ0) is 22.3. The number of carbonyl (C=O) groups excluding carboxylic acids is 2. The van der Waals surface area contributed by atoms with Crippen molar-refractivity contribution >= 4 is 46.5 Å². The Morgan fingerprint density at radius 2 is 1.07 bits per heavy atom. The Kier molecular flexibility index (Phi) is 8.31. The molecule has 8 nitrogen and oxygen atoms in total. The molecule has 2 aromatic rings. The van der Waals surface area contributed by atoms with Gasteiger partial charge in [0, 0.05) is 35.8 Å². The van der Waals surface area contributed by atoms with E-state index >= 15 is 0 Å². The van der Waals surface area contributed by atoms with Gasteiger partial charge in [-0.2, -0.15) is 0 Å². The Hall–Kier alpha value is -2.98. The SMILES string of the molecule is CC(=O)C(C(C)=O)=C(SCc1ccc([N+](=O)[O-])cc1)SCc1ccc([N+](=O)[O-])cc1. The van der Waals surface area contributed by atoms with Crippen molar-refractivity contribution in [2.75, 3.05) is 0 Å². The van der Waals surface area contributed by atoms with Crippen molar-refractivity contribution < 1.29 is 19.4 Å². The van der Waals surface area contributed by atoms with Crippen LogP contribution in [0.3, 0.4) is 0 Å². The Bertz CT molecular complexity index is 921. The molecule has 10 heteroatoms. The minimum atomic E-state index is -0.480. The predicted octanol–water partition coefficient (Wildman–Crippen LogP) is 5.06. The van der Waals surface area contributed by atoms with E-state index in [1.807, 2.05) is 0 Å². The highest BCUT2D eigenvalue weighted by Crippen LogP contribution is 2.37. The van der Waals surface area contributed by atoms with E-state index in [-0.39, 0.29) is 28.5 Å². The fraction of sp³-hybridized carbons (Fsp3) is 0.200. The molecule has 0 aliphatic carbocycles.